The van der Waals surface area contributed by atoms with Crippen molar-refractivity contribution < 1.29 is 47.8 Å². The second kappa shape index (κ2) is 31.3. The highest BCUT2D eigenvalue weighted by molar-refractivity contribution is 7.99. The molecule has 0 aromatic heterocycles. The van der Waals surface area contributed by atoms with Crippen LogP contribution in [0.15, 0.2) is 64.4 Å². The maximum absolute atomic E-state index is 11.9. The molecule has 0 aliphatic carbocycles. The van der Waals surface area contributed by atoms with Crippen molar-refractivity contribution in [3.63, 3.8) is 0 Å². The maximum Gasteiger partial charge on any atom is 0.222 e. The van der Waals surface area contributed by atoms with Crippen molar-refractivity contribution in [1.29, 1.82) is 0 Å². The highest BCUT2D eigenvalue weighted by Gasteiger charge is 2.23. The molecular weight excluding hydrogens is 839 g/mol. The fourth-order valence-electron chi connectivity index (χ4n) is 7.07. The lowest BCUT2D eigenvalue weighted by Gasteiger charge is -2.33. The van der Waals surface area contributed by atoms with E-state index in [1.165, 1.54) is 44.5 Å². The van der Waals surface area contributed by atoms with E-state index >= 15 is 0 Å². The van der Waals surface area contributed by atoms with Crippen LogP contribution >= 0.6 is 11.8 Å². The summed E-state index contributed by atoms with van der Waals surface area (Å²) in [5, 5.41) is 19.4. The van der Waals surface area contributed by atoms with E-state index in [-0.39, 0.29) is 11.7 Å². The molecule has 3 aromatic rings. The lowest BCUT2D eigenvalue weighted by Crippen LogP contribution is -2.31. The number of ether oxygens (including phenoxy) is 8. The zero-order chi connectivity index (χ0) is 44.9. The number of aromatic hydroxyl groups is 1. The van der Waals surface area contributed by atoms with Crippen molar-refractivity contribution in [2.24, 2.45) is 0 Å². The van der Waals surface area contributed by atoms with Gasteiger partial charge in [0.2, 0.25) is 5.91 Å². The highest BCUT2D eigenvalue weighted by Crippen LogP contribution is 2.48. The monoisotopic (exact) mass is 912 g/mol. The topological polar surface area (TPSA) is 154 Å². The Kier molecular flexibility index (Phi) is 25.1. The van der Waals surface area contributed by atoms with Crippen LogP contribution < -0.4 is 25.8 Å². The van der Waals surface area contributed by atoms with Crippen molar-refractivity contribution in [3.05, 3.63) is 65.7 Å². The first-order valence-corrected chi connectivity index (χ1v) is 23.8. The van der Waals surface area contributed by atoms with Gasteiger partial charge in [0.15, 0.2) is 0 Å². The van der Waals surface area contributed by atoms with Crippen molar-refractivity contribution in [2.75, 3.05) is 168 Å². The Morgan fingerprint density at radius 2 is 1.25 bits per heavy atom. The number of hydrogen-bond acceptors (Lipinski definition) is 15. The number of rotatable bonds is 36. The molecule has 2 aliphatic rings. The summed E-state index contributed by atoms with van der Waals surface area (Å²) in [5.41, 5.74) is 7.57. The molecule has 0 radical (unpaired) electrons. The molecule has 0 bridgehead atoms. The third kappa shape index (κ3) is 20.2. The molecule has 0 unspecified atom stereocenters. The number of anilines is 4. The lowest BCUT2D eigenvalue weighted by atomic mass is 10.00. The van der Waals surface area contributed by atoms with Crippen molar-refractivity contribution in [3.8, 4) is 5.75 Å². The predicted molar refractivity (Wildman–Crippen MR) is 253 cm³/mol. The minimum absolute atomic E-state index is 0.0513. The molecule has 5 rings (SSSR count). The SMILES string of the molecule is CN(C)c1ccc2c(c1)Sc1cc3c(cc1N2)CCCN3CCCCNCCOCCOCCOCCOCCOCCOCCOCCOCCC(=O)NCCc1ccc(O)cc1. The first kappa shape index (κ1) is 51.3. The second-order valence-electron chi connectivity index (χ2n) is 15.7. The van der Waals surface area contributed by atoms with Gasteiger partial charge in [-0.15, -0.1) is 0 Å². The van der Waals surface area contributed by atoms with Gasteiger partial charge in [-0.05, 0) is 92.2 Å². The van der Waals surface area contributed by atoms with Gasteiger partial charge >= 0.3 is 0 Å². The number of benzene rings is 3. The summed E-state index contributed by atoms with van der Waals surface area (Å²) in [6, 6.07) is 18.4. The van der Waals surface area contributed by atoms with Gasteiger partial charge in [-0.25, -0.2) is 0 Å². The van der Waals surface area contributed by atoms with Crippen LogP contribution in [0.25, 0.3) is 0 Å². The molecule has 0 saturated carbocycles. The van der Waals surface area contributed by atoms with Crippen LogP contribution in [0.2, 0.25) is 0 Å². The fourth-order valence-corrected chi connectivity index (χ4v) is 8.11. The van der Waals surface area contributed by atoms with E-state index in [1.54, 1.807) is 12.1 Å². The van der Waals surface area contributed by atoms with Crippen molar-refractivity contribution in [1.82, 2.24) is 10.6 Å². The quantitative estimate of drug-likeness (QED) is 0.0415. The second-order valence-corrected chi connectivity index (χ2v) is 16.8. The molecule has 64 heavy (non-hydrogen) atoms. The number of amides is 1. The van der Waals surface area contributed by atoms with E-state index in [0.717, 1.165) is 51.0 Å². The Hall–Kier alpha value is -3.68. The number of hydrogen-bond donors (Lipinski definition) is 4. The van der Waals surface area contributed by atoms with Gasteiger partial charge in [0.05, 0.1) is 117 Å². The standard InChI is InChI=1S/C48H73N5O10S/c1-52(2)41-9-12-43-46(37-41)64-47-38-45-40(36-44(47)51-43)6-5-19-53(45)18-4-3-15-49-17-21-57-23-25-59-27-29-61-31-33-63-35-34-62-32-30-60-28-26-58-24-22-56-20-14-48(55)50-16-13-39-7-10-42(54)11-8-39/h7-12,36-38,49,51,54H,3-6,13-35H2,1-2H3,(H,50,55). The number of fused-ring (bicyclic) bond motifs is 3. The summed E-state index contributed by atoms with van der Waals surface area (Å²) in [6.45, 7) is 12.6. The van der Waals surface area contributed by atoms with E-state index in [1.807, 2.05) is 23.9 Å². The van der Waals surface area contributed by atoms with Gasteiger partial charge in [-0.3, -0.25) is 4.79 Å². The van der Waals surface area contributed by atoms with Gasteiger partial charge in [0.1, 0.15) is 5.75 Å². The highest BCUT2D eigenvalue weighted by atomic mass is 32.2. The molecule has 0 spiro atoms. The van der Waals surface area contributed by atoms with Crippen LogP contribution in [0.3, 0.4) is 0 Å². The molecule has 3 aromatic carbocycles. The number of nitrogens with zero attached hydrogens (tertiary/aromatic N) is 2. The van der Waals surface area contributed by atoms with E-state index in [4.69, 9.17) is 37.9 Å². The van der Waals surface area contributed by atoms with Crippen LogP contribution in [-0.4, -0.2) is 164 Å². The third-order valence-electron chi connectivity index (χ3n) is 10.6. The zero-order valence-corrected chi connectivity index (χ0v) is 39.0. The number of carbonyl (C=O) groups is 1. The lowest BCUT2D eigenvalue weighted by molar-refractivity contribution is -0.122. The van der Waals surface area contributed by atoms with Crippen molar-refractivity contribution in [2.45, 2.75) is 48.3 Å². The summed E-state index contributed by atoms with van der Waals surface area (Å²) in [7, 11) is 4.18. The molecular formula is C48H73N5O10S. The number of phenols is 1. The van der Waals surface area contributed by atoms with E-state index in [0.29, 0.717) is 125 Å². The first-order chi connectivity index (χ1) is 31.5. The molecule has 1 amide bonds. The Balaban J connectivity index is 0.708. The normalized spacial score (nSPS) is 13.0. The molecule has 15 nitrogen and oxygen atoms in total. The molecule has 356 valence electrons. The van der Waals surface area contributed by atoms with Crippen molar-refractivity contribution >= 4 is 40.4 Å². The smallest absolute Gasteiger partial charge is 0.222 e. The molecule has 0 atom stereocenters. The molecule has 0 fully saturated rings. The number of phenolic OH excluding ortho intramolecular Hbond substituents is 1. The van der Waals surface area contributed by atoms with E-state index in [2.05, 4.69) is 70.2 Å². The Bertz CT molecular complexity index is 1740. The summed E-state index contributed by atoms with van der Waals surface area (Å²) in [6.07, 6.45) is 5.66. The van der Waals surface area contributed by atoms with E-state index < -0.39 is 0 Å². The number of unbranched alkanes of at least 4 members (excludes halogenated alkanes) is 1. The van der Waals surface area contributed by atoms with Crippen LogP contribution in [0.4, 0.5) is 22.7 Å². The van der Waals surface area contributed by atoms with Crippen LogP contribution in [0, 0.1) is 0 Å². The zero-order valence-electron chi connectivity index (χ0n) is 38.2. The summed E-state index contributed by atoms with van der Waals surface area (Å²) < 4.78 is 44.4. The van der Waals surface area contributed by atoms with Gasteiger partial charge in [-0.2, -0.15) is 0 Å². The Labute approximate surface area is 385 Å². The van der Waals surface area contributed by atoms with Gasteiger partial charge in [0.25, 0.3) is 0 Å². The summed E-state index contributed by atoms with van der Waals surface area (Å²) in [4.78, 5) is 19.2. The first-order valence-electron chi connectivity index (χ1n) is 23.0. The number of aryl methyl sites for hydroxylation is 1. The summed E-state index contributed by atoms with van der Waals surface area (Å²) >= 11 is 1.87. The molecule has 2 aliphatic heterocycles. The molecule has 2 heterocycles. The third-order valence-corrected chi connectivity index (χ3v) is 11.7. The minimum atomic E-state index is -0.0513. The fraction of sp³-hybridized carbons (Fsp3) is 0.604. The van der Waals surface area contributed by atoms with Crippen LogP contribution in [0.1, 0.15) is 36.8 Å². The number of carbonyl (C=O) groups excluding carboxylic acids is 1. The minimum Gasteiger partial charge on any atom is -0.508 e. The summed E-state index contributed by atoms with van der Waals surface area (Å²) in [5.74, 6) is 0.183. The van der Waals surface area contributed by atoms with Gasteiger partial charge in [-0.1, -0.05) is 23.9 Å². The Morgan fingerprint density at radius 3 is 1.86 bits per heavy atom. The number of nitrogens with one attached hydrogen (secondary N) is 3. The molecule has 0 saturated heterocycles. The largest absolute Gasteiger partial charge is 0.508 e. The Morgan fingerprint density at radius 1 is 0.672 bits per heavy atom. The predicted octanol–water partition coefficient (Wildman–Crippen LogP) is 5.67. The molecule has 4 N–H and O–H groups in total. The molecule has 16 heteroatoms. The average Bonchev–Trinajstić information content (AvgIpc) is 3.30. The maximum atomic E-state index is 11.9. The van der Waals surface area contributed by atoms with Gasteiger partial charge < -0.3 is 68.8 Å². The van der Waals surface area contributed by atoms with Gasteiger partial charge in [0, 0.05) is 67.9 Å². The average molecular weight is 912 g/mol. The van der Waals surface area contributed by atoms with E-state index in [9.17, 15) is 9.90 Å². The van der Waals surface area contributed by atoms with Crippen LogP contribution in [0.5, 0.6) is 5.75 Å². The van der Waals surface area contributed by atoms with Crippen LogP contribution in [-0.2, 0) is 55.5 Å².